The van der Waals surface area contributed by atoms with Gasteiger partial charge in [-0.25, -0.2) is 4.79 Å². The van der Waals surface area contributed by atoms with E-state index in [1.54, 1.807) is 40.2 Å². The Labute approximate surface area is 111 Å². The molecule has 1 heterocycles. The van der Waals surface area contributed by atoms with Crippen LogP contribution in [0.4, 0.5) is 0 Å². The van der Waals surface area contributed by atoms with E-state index in [1.165, 1.54) is 0 Å². The van der Waals surface area contributed by atoms with Crippen LogP contribution in [0.15, 0.2) is 16.5 Å². The van der Waals surface area contributed by atoms with Crippen molar-refractivity contribution in [2.45, 2.75) is 13.8 Å². The van der Waals surface area contributed by atoms with Crippen LogP contribution in [-0.4, -0.2) is 26.8 Å². The Morgan fingerprint density at radius 1 is 1.21 bits per heavy atom. The second kappa shape index (κ2) is 5.22. The molecule has 0 N–H and O–H groups in total. The summed E-state index contributed by atoms with van der Waals surface area (Å²) in [7, 11) is 3.11. The Bertz CT molecular complexity index is 612. The average molecular weight is 264 g/mol. The third-order valence-electron chi connectivity index (χ3n) is 2.90. The molecule has 0 amide bonds. The Kier molecular flexibility index (Phi) is 3.64. The first-order valence-corrected chi connectivity index (χ1v) is 5.95. The number of rotatable bonds is 4. The molecule has 19 heavy (non-hydrogen) atoms. The van der Waals surface area contributed by atoms with Gasteiger partial charge in [-0.15, -0.1) is 0 Å². The summed E-state index contributed by atoms with van der Waals surface area (Å²) < 4.78 is 21.1. The zero-order chi connectivity index (χ0) is 14.0. The summed E-state index contributed by atoms with van der Waals surface area (Å²) >= 11 is 0. The number of hydrogen-bond donors (Lipinski definition) is 0. The molecule has 0 bridgehead atoms. The average Bonchev–Trinajstić information content (AvgIpc) is 2.76. The molecule has 0 radical (unpaired) electrons. The van der Waals surface area contributed by atoms with E-state index >= 15 is 0 Å². The minimum Gasteiger partial charge on any atom is -0.496 e. The predicted molar refractivity (Wildman–Crippen MR) is 70.0 cm³/mol. The van der Waals surface area contributed by atoms with Crippen molar-refractivity contribution < 1.29 is 23.4 Å². The van der Waals surface area contributed by atoms with Crippen LogP contribution in [0.5, 0.6) is 11.5 Å². The van der Waals surface area contributed by atoms with Crippen molar-refractivity contribution in [1.29, 1.82) is 0 Å². The summed E-state index contributed by atoms with van der Waals surface area (Å²) in [6, 6.07) is 3.51. The van der Waals surface area contributed by atoms with Gasteiger partial charge in [-0.1, -0.05) is 0 Å². The zero-order valence-electron chi connectivity index (χ0n) is 11.4. The lowest BCUT2D eigenvalue weighted by molar-refractivity contribution is 0.0491. The summed E-state index contributed by atoms with van der Waals surface area (Å²) in [5.41, 5.74) is 1.17. The molecule has 2 aromatic rings. The molecular weight excluding hydrogens is 248 g/mol. The summed E-state index contributed by atoms with van der Waals surface area (Å²) in [4.78, 5) is 11.8. The SMILES string of the molecule is CCOC(=O)c1oc2c(OC)ccc(OC)c2c1C. The van der Waals surface area contributed by atoms with Gasteiger partial charge in [-0.3, -0.25) is 0 Å². The number of benzene rings is 1. The van der Waals surface area contributed by atoms with Gasteiger partial charge < -0.3 is 18.6 Å². The Hall–Kier alpha value is -2.17. The molecule has 0 fully saturated rings. The van der Waals surface area contributed by atoms with Crippen LogP contribution < -0.4 is 9.47 Å². The van der Waals surface area contributed by atoms with E-state index in [2.05, 4.69) is 0 Å². The fourth-order valence-electron chi connectivity index (χ4n) is 2.02. The molecule has 1 aromatic heterocycles. The van der Waals surface area contributed by atoms with Crippen LogP contribution in [0.3, 0.4) is 0 Å². The van der Waals surface area contributed by atoms with Crippen LogP contribution in [0.2, 0.25) is 0 Å². The van der Waals surface area contributed by atoms with Gasteiger partial charge in [0, 0.05) is 5.56 Å². The normalized spacial score (nSPS) is 10.5. The van der Waals surface area contributed by atoms with Crippen LogP contribution in [-0.2, 0) is 4.74 Å². The fraction of sp³-hybridized carbons (Fsp3) is 0.357. The van der Waals surface area contributed by atoms with Crippen molar-refractivity contribution in [3.05, 3.63) is 23.5 Å². The van der Waals surface area contributed by atoms with Gasteiger partial charge in [0.15, 0.2) is 11.3 Å². The molecule has 5 nitrogen and oxygen atoms in total. The van der Waals surface area contributed by atoms with Crippen molar-refractivity contribution in [2.75, 3.05) is 20.8 Å². The highest BCUT2D eigenvalue weighted by Gasteiger charge is 2.23. The Morgan fingerprint density at radius 2 is 1.84 bits per heavy atom. The highest BCUT2D eigenvalue weighted by atomic mass is 16.5. The summed E-state index contributed by atoms with van der Waals surface area (Å²) in [5.74, 6) is 0.877. The second-order valence-electron chi connectivity index (χ2n) is 3.95. The molecule has 0 saturated carbocycles. The maximum atomic E-state index is 11.8. The number of aryl methyl sites for hydroxylation is 1. The van der Waals surface area contributed by atoms with Crippen LogP contribution >= 0.6 is 0 Å². The molecule has 0 aliphatic rings. The van der Waals surface area contributed by atoms with Gasteiger partial charge in [0.05, 0.1) is 26.2 Å². The van der Waals surface area contributed by atoms with Crippen LogP contribution in [0, 0.1) is 6.92 Å². The molecule has 0 aliphatic carbocycles. The second-order valence-corrected chi connectivity index (χ2v) is 3.95. The van der Waals surface area contributed by atoms with Crippen molar-refractivity contribution in [2.24, 2.45) is 0 Å². The largest absolute Gasteiger partial charge is 0.496 e. The number of carbonyl (C=O) groups is 1. The number of furan rings is 1. The zero-order valence-corrected chi connectivity index (χ0v) is 11.4. The van der Waals surface area contributed by atoms with Crippen molar-refractivity contribution in [3.63, 3.8) is 0 Å². The summed E-state index contributed by atoms with van der Waals surface area (Å²) in [6.45, 7) is 3.83. The fourth-order valence-corrected chi connectivity index (χ4v) is 2.02. The van der Waals surface area contributed by atoms with E-state index in [0.717, 1.165) is 5.39 Å². The number of fused-ring (bicyclic) bond motifs is 1. The lowest BCUT2D eigenvalue weighted by Crippen LogP contribution is -2.04. The number of esters is 1. The van der Waals surface area contributed by atoms with E-state index in [-0.39, 0.29) is 5.76 Å². The standard InChI is InChI=1S/C14H16O5/c1-5-18-14(15)12-8(2)11-9(16-3)6-7-10(17-4)13(11)19-12/h6-7H,5H2,1-4H3. The maximum Gasteiger partial charge on any atom is 0.374 e. The number of carbonyl (C=O) groups excluding carboxylic acids is 1. The van der Waals surface area contributed by atoms with Gasteiger partial charge >= 0.3 is 5.97 Å². The summed E-state index contributed by atoms with van der Waals surface area (Å²) in [5, 5.41) is 0.727. The van der Waals surface area contributed by atoms with Gasteiger partial charge in [0.25, 0.3) is 0 Å². The van der Waals surface area contributed by atoms with Gasteiger partial charge in [-0.2, -0.15) is 0 Å². The molecule has 0 aliphatic heterocycles. The molecule has 2 rings (SSSR count). The first-order chi connectivity index (χ1) is 9.13. The molecule has 0 unspecified atom stereocenters. The topological polar surface area (TPSA) is 57.9 Å². The van der Waals surface area contributed by atoms with E-state index in [4.69, 9.17) is 18.6 Å². The molecule has 5 heteroatoms. The third-order valence-corrected chi connectivity index (χ3v) is 2.90. The summed E-state index contributed by atoms with van der Waals surface area (Å²) in [6.07, 6.45) is 0. The molecule has 0 saturated heterocycles. The van der Waals surface area contributed by atoms with Crippen molar-refractivity contribution in [3.8, 4) is 11.5 Å². The predicted octanol–water partition coefficient (Wildman–Crippen LogP) is 2.94. The Morgan fingerprint density at radius 3 is 2.42 bits per heavy atom. The number of hydrogen-bond acceptors (Lipinski definition) is 5. The highest BCUT2D eigenvalue weighted by molar-refractivity contribution is 6.00. The third kappa shape index (κ3) is 2.12. The molecule has 0 spiro atoms. The maximum absolute atomic E-state index is 11.8. The highest BCUT2D eigenvalue weighted by Crippen LogP contribution is 2.38. The first kappa shape index (κ1) is 13.3. The van der Waals surface area contributed by atoms with Gasteiger partial charge in [-0.05, 0) is 26.0 Å². The number of methoxy groups -OCH3 is 2. The van der Waals surface area contributed by atoms with Gasteiger partial charge in [0.1, 0.15) is 5.75 Å². The van der Waals surface area contributed by atoms with E-state index < -0.39 is 5.97 Å². The molecule has 0 atom stereocenters. The first-order valence-electron chi connectivity index (χ1n) is 5.95. The van der Waals surface area contributed by atoms with Gasteiger partial charge in [0.2, 0.25) is 5.76 Å². The smallest absolute Gasteiger partial charge is 0.374 e. The minimum atomic E-state index is -0.486. The van der Waals surface area contributed by atoms with Crippen molar-refractivity contribution in [1.82, 2.24) is 0 Å². The lowest BCUT2D eigenvalue weighted by atomic mass is 10.1. The number of ether oxygens (including phenoxy) is 3. The van der Waals surface area contributed by atoms with Crippen LogP contribution in [0.1, 0.15) is 23.0 Å². The quantitative estimate of drug-likeness (QED) is 0.795. The molecule has 102 valence electrons. The Balaban J connectivity index is 2.70. The van der Waals surface area contributed by atoms with Crippen LogP contribution in [0.25, 0.3) is 11.0 Å². The van der Waals surface area contributed by atoms with E-state index in [0.29, 0.717) is 29.3 Å². The minimum absolute atomic E-state index is 0.180. The van der Waals surface area contributed by atoms with E-state index in [1.807, 2.05) is 0 Å². The monoisotopic (exact) mass is 264 g/mol. The van der Waals surface area contributed by atoms with Crippen molar-refractivity contribution >= 4 is 16.9 Å². The lowest BCUT2D eigenvalue weighted by Gasteiger charge is -2.04. The molecular formula is C14H16O5. The van der Waals surface area contributed by atoms with E-state index in [9.17, 15) is 4.79 Å². The molecule has 1 aromatic carbocycles.